The van der Waals surface area contributed by atoms with Crippen LogP contribution in [0, 0.1) is 0 Å². The second-order valence-corrected chi connectivity index (χ2v) is 3.10. The number of hydrogen-bond acceptors (Lipinski definition) is 2. The molecule has 0 atom stereocenters. The summed E-state index contributed by atoms with van der Waals surface area (Å²) >= 11 is 0. The third-order valence-corrected chi connectivity index (χ3v) is 1.73. The van der Waals surface area contributed by atoms with E-state index < -0.39 is 0 Å². The minimum Gasteiger partial charge on any atom is -0.304 e. The van der Waals surface area contributed by atoms with Crippen LogP contribution in [0.15, 0.2) is 5.11 Å². The molecule has 58 valence electrons. The Morgan fingerprint density at radius 1 is 1.50 bits per heavy atom. The Morgan fingerprint density at radius 2 is 2.00 bits per heavy atom. The van der Waals surface area contributed by atoms with Crippen molar-refractivity contribution in [2.45, 2.75) is 19.4 Å². The van der Waals surface area contributed by atoms with Crippen LogP contribution in [-0.4, -0.2) is 31.1 Å². The molecule has 0 heterocycles. The highest BCUT2D eigenvalue weighted by atomic mass is 15.2. The molecule has 0 aliphatic rings. The van der Waals surface area contributed by atoms with Crippen molar-refractivity contribution in [3.8, 4) is 0 Å². The van der Waals surface area contributed by atoms with Crippen LogP contribution in [0.3, 0.4) is 0 Å². The molecule has 0 radical (unpaired) electrons. The Hall–Kier alpha value is -0.730. The van der Waals surface area contributed by atoms with Crippen LogP contribution in [0.2, 0.25) is 0 Å². The summed E-state index contributed by atoms with van der Waals surface area (Å²) in [4.78, 5) is 4.73. The third kappa shape index (κ3) is 2.71. The van der Waals surface area contributed by atoms with Crippen LogP contribution in [0.5, 0.6) is 0 Å². The van der Waals surface area contributed by atoms with E-state index in [9.17, 15) is 0 Å². The van der Waals surface area contributed by atoms with Gasteiger partial charge in [0.2, 0.25) is 0 Å². The van der Waals surface area contributed by atoms with Crippen molar-refractivity contribution in [1.82, 2.24) is 4.90 Å². The van der Waals surface area contributed by atoms with E-state index >= 15 is 0 Å². The number of nitrogens with zero attached hydrogens (tertiary/aromatic N) is 4. The van der Waals surface area contributed by atoms with Gasteiger partial charge < -0.3 is 4.90 Å². The summed E-state index contributed by atoms with van der Waals surface area (Å²) in [6.45, 7) is 4.57. The molecule has 4 heteroatoms. The molecule has 0 aromatic carbocycles. The van der Waals surface area contributed by atoms with E-state index in [-0.39, 0.29) is 5.54 Å². The van der Waals surface area contributed by atoms with E-state index in [0.29, 0.717) is 6.54 Å². The van der Waals surface area contributed by atoms with Gasteiger partial charge in [-0.25, -0.2) is 0 Å². The van der Waals surface area contributed by atoms with Gasteiger partial charge in [-0.3, -0.25) is 0 Å². The van der Waals surface area contributed by atoms with Crippen LogP contribution < -0.4 is 0 Å². The molecule has 0 amide bonds. The molecule has 0 rings (SSSR count). The van der Waals surface area contributed by atoms with Crippen LogP contribution in [0.25, 0.3) is 10.4 Å². The lowest BCUT2D eigenvalue weighted by molar-refractivity contribution is 0.204. The summed E-state index contributed by atoms with van der Waals surface area (Å²) in [5.74, 6) is 0. The van der Waals surface area contributed by atoms with Crippen molar-refractivity contribution in [3.63, 3.8) is 0 Å². The summed E-state index contributed by atoms with van der Waals surface area (Å²) in [6, 6.07) is 0. The molecular weight excluding hydrogens is 128 g/mol. The van der Waals surface area contributed by atoms with Crippen molar-refractivity contribution in [2.24, 2.45) is 5.11 Å². The molecule has 0 saturated heterocycles. The predicted molar refractivity (Wildman–Crippen MR) is 41.8 cm³/mol. The molecule has 0 fully saturated rings. The van der Waals surface area contributed by atoms with Gasteiger partial charge in [-0.15, -0.1) is 0 Å². The zero-order valence-corrected chi connectivity index (χ0v) is 7.00. The molecule has 0 spiro atoms. The number of hydrogen-bond donors (Lipinski definition) is 0. The first-order valence-electron chi connectivity index (χ1n) is 3.19. The average molecular weight is 142 g/mol. The van der Waals surface area contributed by atoms with Gasteiger partial charge >= 0.3 is 0 Å². The SMILES string of the molecule is CN(C)C(C)(C)CN=[N+]=[N-]. The van der Waals surface area contributed by atoms with Crippen LogP contribution >= 0.6 is 0 Å². The lowest BCUT2D eigenvalue weighted by Crippen LogP contribution is -2.40. The molecule has 0 aliphatic carbocycles. The number of rotatable bonds is 3. The van der Waals surface area contributed by atoms with E-state index in [1.807, 2.05) is 32.8 Å². The normalized spacial score (nSPS) is 11.3. The maximum absolute atomic E-state index is 8.05. The van der Waals surface area contributed by atoms with Gasteiger partial charge in [0.1, 0.15) is 0 Å². The van der Waals surface area contributed by atoms with Gasteiger partial charge in [-0.05, 0) is 33.5 Å². The van der Waals surface area contributed by atoms with Crippen molar-refractivity contribution >= 4 is 0 Å². The molecule has 0 aliphatic heterocycles. The lowest BCUT2D eigenvalue weighted by atomic mass is 10.1. The van der Waals surface area contributed by atoms with Gasteiger partial charge in [0.05, 0.1) is 0 Å². The zero-order valence-electron chi connectivity index (χ0n) is 7.00. The highest BCUT2D eigenvalue weighted by Crippen LogP contribution is 2.09. The van der Waals surface area contributed by atoms with Gasteiger partial charge in [0.15, 0.2) is 0 Å². The quantitative estimate of drug-likeness (QED) is 0.335. The van der Waals surface area contributed by atoms with Crippen molar-refractivity contribution in [2.75, 3.05) is 20.6 Å². The third-order valence-electron chi connectivity index (χ3n) is 1.73. The van der Waals surface area contributed by atoms with Crippen molar-refractivity contribution in [1.29, 1.82) is 0 Å². The number of likely N-dealkylation sites (N-methyl/N-ethyl adjacent to an activating group) is 1. The first-order valence-corrected chi connectivity index (χ1v) is 3.19. The molecule has 0 bridgehead atoms. The Labute approximate surface area is 61.5 Å². The molecule has 0 saturated carbocycles. The van der Waals surface area contributed by atoms with Gasteiger partial charge in [0.25, 0.3) is 0 Å². The fraction of sp³-hybridized carbons (Fsp3) is 1.00. The smallest absolute Gasteiger partial charge is 0.0437 e. The van der Waals surface area contributed by atoms with E-state index in [0.717, 1.165) is 0 Å². The highest BCUT2D eigenvalue weighted by molar-refractivity contribution is 4.79. The van der Waals surface area contributed by atoms with E-state index in [1.54, 1.807) is 0 Å². The molecule has 0 aromatic rings. The fourth-order valence-corrected chi connectivity index (χ4v) is 0.346. The topological polar surface area (TPSA) is 52.0 Å². The minimum atomic E-state index is -0.0355. The zero-order chi connectivity index (χ0) is 8.20. The molecule has 0 unspecified atom stereocenters. The Morgan fingerprint density at radius 3 is 2.30 bits per heavy atom. The molecular formula is C6H14N4. The first kappa shape index (κ1) is 9.27. The number of azide groups is 1. The fourth-order valence-electron chi connectivity index (χ4n) is 0.346. The Balaban J connectivity index is 3.98. The lowest BCUT2D eigenvalue weighted by Gasteiger charge is -2.30. The standard InChI is InChI=1S/C6H14N4/c1-6(2,10(3)4)5-8-9-7/h5H2,1-4H3. The highest BCUT2D eigenvalue weighted by Gasteiger charge is 2.18. The van der Waals surface area contributed by atoms with E-state index in [4.69, 9.17) is 5.53 Å². The van der Waals surface area contributed by atoms with Crippen LogP contribution in [-0.2, 0) is 0 Å². The van der Waals surface area contributed by atoms with Crippen molar-refractivity contribution < 1.29 is 0 Å². The second-order valence-electron chi connectivity index (χ2n) is 3.10. The monoisotopic (exact) mass is 142 g/mol. The molecule has 4 nitrogen and oxygen atoms in total. The van der Waals surface area contributed by atoms with Gasteiger partial charge in [-0.1, -0.05) is 5.11 Å². The maximum atomic E-state index is 8.05. The van der Waals surface area contributed by atoms with Crippen molar-refractivity contribution in [3.05, 3.63) is 10.4 Å². The predicted octanol–water partition coefficient (Wildman–Crippen LogP) is 1.64. The van der Waals surface area contributed by atoms with E-state index in [1.165, 1.54) is 0 Å². The van der Waals surface area contributed by atoms with E-state index in [2.05, 4.69) is 10.0 Å². The van der Waals surface area contributed by atoms with Gasteiger partial charge in [0, 0.05) is 17.0 Å². The Kier molecular flexibility index (Phi) is 3.19. The summed E-state index contributed by atoms with van der Waals surface area (Å²) < 4.78 is 0. The van der Waals surface area contributed by atoms with Crippen LogP contribution in [0.4, 0.5) is 0 Å². The minimum absolute atomic E-state index is 0.0355. The van der Waals surface area contributed by atoms with Crippen LogP contribution in [0.1, 0.15) is 13.8 Å². The largest absolute Gasteiger partial charge is 0.304 e. The Bertz CT molecular complexity index is 144. The first-order chi connectivity index (χ1) is 4.50. The summed E-state index contributed by atoms with van der Waals surface area (Å²) in [5.41, 5.74) is 8.02. The summed E-state index contributed by atoms with van der Waals surface area (Å²) in [7, 11) is 3.93. The van der Waals surface area contributed by atoms with Gasteiger partial charge in [-0.2, -0.15) is 0 Å². The molecule has 0 aromatic heterocycles. The second kappa shape index (κ2) is 3.44. The summed E-state index contributed by atoms with van der Waals surface area (Å²) in [5, 5.41) is 3.50. The average Bonchev–Trinajstić information content (AvgIpc) is 1.84. The summed E-state index contributed by atoms with van der Waals surface area (Å²) in [6.07, 6.45) is 0. The molecule has 10 heavy (non-hydrogen) atoms. The molecule has 0 N–H and O–H groups in total. The maximum Gasteiger partial charge on any atom is 0.0437 e.